The third-order valence-electron chi connectivity index (χ3n) is 2.50. The van der Waals surface area contributed by atoms with Gasteiger partial charge in [0.1, 0.15) is 5.82 Å². The number of carboxylic acids is 1. The molecule has 5 heteroatoms. The number of carbonyl (C=O) groups is 1. The monoisotopic (exact) mass is 237 g/mol. The Morgan fingerprint density at radius 3 is 2.88 bits per heavy atom. The van der Waals surface area contributed by atoms with Gasteiger partial charge in [-0.1, -0.05) is 6.07 Å². The van der Waals surface area contributed by atoms with Crippen molar-refractivity contribution >= 4 is 28.6 Å². The quantitative estimate of drug-likeness (QED) is 0.753. The minimum atomic E-state index is -1.19. The number of nitrogens with zero attached hydrogens (tertiary/aromatic N) is 2. The highest BCUT2D eigenvalue weighted by Gasteiger charge is 2.08. The van der Waals surface area contributed by atoms with Gasteiger partial charge >= 0.3 is 0 Å². The van der Waals surface area contributed by atoms with Crippen molar-refractivity contribution in [2.24, 2.45) is 0 Å². The molecule has 0 saturated heterocycles. The number of imidazole rings is 1. The van der Waals surface area contributed by atoms with Gasteiger partial charge in [0.05, 0.1) is 22.9 Å². The van der Waals surface area contributed by atoms with Crippen LogP contribution in [-0.2, 0) is 12.4 Å². The average molecular weight is 238 g/mol. The van der Waals surface area contributed by atoms with Crippen molar-refractivity contribution in [3.05, 3.63) is 29.6 Å². The summed E-state index contributed by atoms with van der Waals surface area (Å²) >= 11 is 5.77. The Hall–Kier alpha value is -1.55. The molecular formula is C11H10ClN2O2-. The molecule has 2 aromatic rings. The van der Waals surface area contributed by atoms with Gasteiger partial charge in [-0.15, -0.1) is 11.6 Å². The van der Waals surface area contributed by atoms with Crippen molar-refractivity contribution in [2.45, 2.75) is 19.3 Å². The largest absolute Gasteiger partial charge is 0.545 e. The van der Waals surface area contributed by atoms with E-state index in [4.69, 9.17) is 11.6 Å². The fraction of sp³-hybridized carbons (Fsp3) is 0.273. The molecule has 0 unspecified atom stereocenters. The van der Waals surface area contributed by atoms with E-state index in [2.05, 4.69) is 4.98 Å². The van der Waals surface area contributed by atoms with Gasteiger partial charge in [0, 0.05) is 6.54 Å². The maximum Gasteiger partial charge on any atom is 0.124 e. The van der Waals surface area contributed by atoms with Crippen molar-refractivity contribution in [2.75, 3.05) is 0 Å². The van der Waals surface area contributed by atoms with E-state index in [0.717, 1.165) is 17.9 Å². The molecular weight excluding hydrogens is 228 g/mol. The lowest BCUT2D eigenvalue weighted by atomic mass is 10.2. The van der Waals surface area contributed by atoms with Crippen LogP contribution in [0.15, 0.2) is 18.2 Å². The molecule has 0 saturated carbocycles. The zero-order valence-corrected chi connectivity index (χ0v) is 9.49. The van der Waals surface area contributed by atoms with Crippen molar-refractivity contribution in [1.82, 2.24) is 9.55 Å². The van der Waals surface area contributed by atoms with Crippen LogP contribution in [-0.4, -0.2) is 15.5 Å². The minimum absolute atomic E-state index is 0.134. The average Bonchev–Trinajstić information content (AvgIpc) is 2.65. The first-order chi connectivity index (χ1) is 7.67. The van der Waals surface area contributed by atoms with Gasteiger partial charge in [-0.25, -0.2) is 4.98 Å². The van der Waals surface area contributed by atoms with Crippen molar-refractivity contribution in [3.63, 3.8) is 0 Å². The Morgan fingerprint density at radius 2 is 2.31 bits per heavy atom. The van der Waals surface area contributed by atoms with Gasteiger partial charge in [-0.3, -0.25) is 0 Å². The molecule has 0 amide bonds. The standard InChI is InChI=1S/C11H11ClN2O2/c1-2-14-9-4-3-7(11(15)16)5-8(9)13-10(14)6-12/h3-5H,2,6H2,1H3,(H,15,16)/p-1. The van der Waals surface area contributed by atoms with Crippen LogP contribution in [0.5, 0.6) is 0 Å². The normalized spacial score (nSPS) is 10.9. The molecule has 0 aliphatic heterocycles. The van der Waals surface area contributed by atoms with E-state index in [9.17, 15) is 9.90 Å². The fourth-order valence-electron chi connectivity index (χ4n) is 1.76. The summed E-state index contributed by atoms with van der Waals surface area (Å²) in [5.74, 6) is -0.140. The summed E-state index contributed by atoms with van der Waals surface area (Å²) in [6, 6.07) is 4.75. The molecule has 4 nitrogen and oxygen atoms in total. The number of hydrogen-bond acceptors (Lipinski definition) is 3. The van der Waals surface area contributed by atoms with Gasteiger partial charge in [0.25, 0.3) is 0 Å². The number of carboxylic acid groups (broad SMARTS) is 1. The fourth-order valence-corrected chi connectivity index (χ4v) is 1.97. The van der Waals surface area contributed by atoms with Gasteiger partial charge in [-0.05, 0) is 24.6 Å². The van der Waals surface area contributed by atoms with Gasteiger partial charge in [-0.2, -0.15) is 0 Å². The molecule has 1 heterocycles. The third-order valence-corrected chi connectivity index (χ3v) is 2.74. The number of rotatable bonds is 3. The SMILES string of the molecule is CCn1c(CCl)nc2cc(C(=O)[O-])ccc21. The Labute approximate surface area is 97.5 Å². The first kappa shape index (κ1) is 11.0. The van der Waals surface area contributed by atoms with Crippen LogP contribution in [0.2, 0.25) is 0 Å². The first-order valence-electron chi connectivity index (χ1n) is 4.93. The number of fused-ring (bicyclic) bond motifs is 1. The molecule has 0 radical (unpaired) electrons. The summed E-state index contributed by atoms with van der Waals surface area (Å²) in [6.07, 6.45) is 0. The maximum atomic E-state index is 10.7. The molecule has 0 bridgehead atoms. The number of hydrogen-bond donors (Lipinski definition) is 0. The Bertz CT molecular complexity index is 548. The predicted octanol–water partition coefficient (Wildman–Crippen LogP) is 1.16. The van der Waals surface area contributed by atoms with E-state index in [1.165, 1.54) is 12.1 Å². The highest BCUT2D eigenvalue weighted by atomic mass is 35.5. The highest BCUT2D eigenvalue weighted by Crippen LogP contribution is 2.18. The van der Waals surface area contributed by atoms with Crippen LogP contribution in [0.4, 0.5) is 0 Å². The second-order valence-electron chi connectivity index (χ2n) is 3.40. The zero-order valence-electron chi connectivity index (χ0n) is 8.74. The lowest BCUT2D eigenvalue weighted by Gasteiger charge is -2.04. The van der Waals surface area contributed by atoms with Crippen molar-refractivity contribution < 1.29 is 9.90 Å². The van der Waals surface area contributed by atoms with Crippen LogP contribution in [0.1, 0.15) is 23.1 Å². The second kappa shape index (κ2) is 4.14. The van der Waals surface area contributed by atoms with Gasteiger partial charge in [0.2, 0.25) is 0 Å². The summed E-state index contributed by atoms with van der Waals surface area (Å²) in [7, 11) is 0. The number of carbonyl (C=O) groups excluding carboxylic acids is 1. The van der Waals surface area contributed by atoms with Crippen molar-refractivity contribution in [1.29, 1.82) is 0 Å². The van der Waals surface area contributed by atoms with Crippen LogP contribution in [0.25, 0.3) is 11.0 Å². The molecule has 1 aromatic carbocycles. The lowest BCUT2D eigenvalue weighted by Crippen LogP contribution is -2.21. The molecule has 0 aliphatic rings. The minimum Gasteiger partial charge on any atom is -0.545 e. The van der Waals surface area contributed by atoms with E-state index in [-0.39, 0.29) is 5.56 Å². The smallest absolute Gasteiger partial charge is 0.124 e. The van der Waals surface area contributed by atoms with Gasteiger partial charge < -0.3 is 14.5 Å². The van der Waals surface area contributed by atoms with Gasteiger partial charge in [0.15, 0.2) is 0 Å². The number of aromatic carboxylic acids is 1. The van der Waals surface area contributed by atoms with E-state index in [0.29, 0.717) is 11.4 Å². The molecule has 84 valence electrons. The maximum absolute atomic E-state index is 10.7. The van der Waals surface area contributed by atoms with Crippen LogP contribution in [0, 0.1) is 0 Å². The second-order valence-corrected chi connectivity index (χ2v) is 3.66. The summed E-state index contributed by atoms with van der Waals surface area (Å²) < 4.78 is 1.96. The Morgan fingerprint density at radius 1 is 1.56 bits per heavy atom. The number of alkyl halides is 1. The first-order valence-corrected chi connectivity index (χ1v) is 5.47. The topological polar surface area (TPSA) is 58.0 Å². The number of benzene rings is 1. The van der Waals surface area contributed by atoms with Crippen molar-refractivity contribution in [3.8, 4) is 0 Å². The highest BCUT2D eigenvalue weighted by molar-refractivity contribution is 6.16. The summed E-state index contributed by atoms with van der Waals surface area (Å²) in [6.45, 7) is 2.74. The third kappa shape index (κ3) is 1.65. The van der Waals surface area contributed by atoms with E-state index in [1.54, 1.807) is 6.07 Å². The molecule has 1 aromatic heterocycles. The Balaban J connectivity index is 2.67. The summed E-state index contributed by atoms with van der Waals surface area (Å²) in [5.41, 5.74) is 1.66. The summed E-state index contributed by atoms with van der Waals surface area (Å²) in [5, 5.41) is 10.7. The number of halogens is 1. The van der Waals surface area contributed by atoms with E-state index < -0.39 is 5.97 Å². The molecule has 0 aliphatic carbocycles. The molecule has 16 heavy (non-hydrogen) atoms. The molecule has 0 atom stereocenters. The molecule has 0 fully saturated rings. The molecule has 2 rings (SSSR count). The lowest BCUT2D eigenvalue weighted by molar-refractivity contribution is -0.255. The van der Waals surface area contributed by atoms with Crippen LogP contribution >= 0.6 is 11.6 Å². The Kier molecular flexibility index (Phi) is 2.83. The summed E-state index contributed by atoms with van der Waals surface area (Å²) in [4.78, 5) is 15.0. The number of aryl methyl sites for hydroxylation is 1. The zero-order chi connectivity index (χ0) is 11.7. The van der Waals surface area contributed by atoms with E-state index >= 15 is 0 Å². The molecule has 0 spiro atoms. The van der Waals surface area contributed by atoms with Crippen LogP contribution in [0.3, 0.4) is 0 Å². The molecule has 0 N–H and O–H groups in total. The van der Waals surface area contributed by atoms with E-state index in [1.807, 2.05) is 11.5 Å². The predicted molar refractivity (Wildman–Crippen MR) is 59.3 cm³/mol. The number of aromatic nitrogens is 2. The van der Waals surface area contributed by atoms with Crippen LogP contribution < -0.4 is 5.11 Å².